The monoisotopic (exact) mass is 389 g/mol. The summed E-state index contributed by atoms with van der Waals surface area (Å²) in [4.78, 5) is 14.9. The van der Waals surface area contributed by atoms with E-state index < -0.39 is 0 Å². The zero-order valence-electron chi connectivity index (χ0n) is 13.3. The first kappa shape index (κ1) is 16.6. The molecule has 2 aromatic rings. The molecule has 1 saturated heterocycles. The average Bonchev–Trinajstić information content (AvgIpc) is 3.04. The average molecular weight is 390 g/mol. The second-order valence-corrected chi connectivity index (χ2v) is 8.07. The summed E-state index contributed by atoms with van der Waals surface area (Å²) in [7, 11) is 0. The molecular formula is C19H20BrNOS. The highest BCUT2D eigenvalue weighted by Gasteiger charge is 2.31. The van der Waals surface area contributed by atoms with Crippen molar-refractivity contribution in [3.63, 3.8) is 0 Å². The first-order valence-corrected chi connectivity index (χ1v) is 9.69. The minimum Gasteiger partial charge on any atom is -0.322 e. The van der Waals surface area contributed by atoms with Crippen LogP contribution in [0.2, 0.25) is 0 Å². The van der Waals surface area contributed by atoms with Gasteiger partial charge in [0.25, 0.3) is 5.91 Å². The van der Waals surface area contributed by atoms with Crippen LogP contribution in [-0.2, 0) is 0 Å². The molecule has 1 aliphatic heterocycles. The van der Waals surface area contributed by atoms with Crippen molar-refractivity contribution in [3.8, 4) is 0 Å². The van der Waals surface area contributed by atoms with E-state index in [4.69, 9.17) is 0 Å². The molecule has 0 saturated carbocycles. The summed E-state index contributed by atoms with van der Waals surface area (Å²) in [5.41, 5.74) is 3.27. The first-order valence-electron chi connectivity index (χ1n) is 7.85. The van der Waals surface area contributed by atoms with E-state index in [1.54, 1.807) is 0 Å². The van der Waals surface area contributed by atoms with Crippen LogP contribution < -0.4 is 0 Å². The summed E-state index contributed by atoms with van der Waals surface area (Å²) in [6.45, 7) is 5.19. The van der Waals surface area contributed by atoms with Crippen molar-refractivity contribution in [2.75, 3.05) is 12.3 Å². The van der Waals surface area contributed by atoms with Crippen LogP contribution in [0, 0.1) is 0 Å². The van der Waals surface area contributed by atoms with Crippen molar-refractivity contribution in [2.24, 2.45) is 0 Å². The van der Waals surface area contributed by atoms with Crippen LogP contribution in [0.1, 0.15) is 46.6 Å². The third-order valence-corrected chi connectivity index (χ3v) is 6.10. The van der Waals surface area contributed by atoms with Crippen molar-refractivity contribution in [3.05, 3.63) is 69.7 Å². The fourth-order valence-electron chi connectivity index (χ4n) is 2.79. The van der Waals surface area contributed by atoms with E-state index in [1.807, 2.05) is 40.9 Å². The van der Waals surface area contributed by atoms with Crippen molar-refractivity contribution in [1.29, 1.82) is 0 Å². The molecule has 1 amide bonds. The van der Waals surface area contributed by atoms with E-state index in [0.29, 0.717) is 5.92 Å². The zero-order valence-corrected chi connectivity index (χ0v) is 15.7. The van der Waals surface area contributed by atoms with Crippen molar-refractivity contribution < 1.29 is 4.79 Å². The third-order valence-electron chi connectivity index (χ3n) is 4.14. The van der Waals surface area contributed by atoms with E-state index in [2.05, 4.69) is 54.0 Å². The van der Waals surface area contributed by atoms with Gasteiger partial charge in [0.05, 0.1) is 5.56 Å². The van der Waals surface area contributed by atoms with Crippen molar-refractivity contribution >= 4 is 33.6 Å². The lowest BCUT2D eigenvalue weighted by atomic mass is 10.0. The fourth-order valence-corrected chi connectivity index (χ4v) is 4.50. The SMILES string of the molecule is CC(C)c1ccc(C2SCCN2C(=O)c2ccccc2Br)cc1. The molecule has 4 heteroatoms. The molecule has 0 aliphatic carbocycles. The second-order valence-electron chi connectivity index (χ2n) is 6.02. The van der Waals surface area contributed by atoms with Crippen molar-refractivity contribution in [2.45, 2.75) is 25.1 Å². The highest BCUT2D eigenvalue weighted by atomic mass is 79.9. The Hall–Kier alpha value is -1.26. The minimum atomic E-state index is 0.0976. The van der Waals surface area contributed by atoms with E-state index >= 15 is 0 Å². The maximum Gasteiger partial charge on any atom is 0.256 e. The number of hydrogen-bond donors (Lipinski definition) is 0. The summed E-state index contributed by atoms with van der Waals surface area (Å²) in [5.74, 6) is 1.60. The van der Waals surface area contributed by atoms with Crippen molar-refractivity contribution in [1.82, 2.24) is 4.90 Å². The predicted molar refractivity (Wildman–Crippen MR) is 101 cm³/mol. The Labute approximate surface area is 150 Å². The Kier molecular flexibility index (Phi) is 5.12. The topological polar surface area (TPSA) is 20.3 Å². The summed E-state index contributed by atoms with van der Waals surface area (Å²) in [6.07, 6.45) is 0. The molecule has 1 heterocycles. The minimum absolute atomic E-state index is 0.0976. The maximum absolute atomic E-state index is 12.9. The number of halogens is 1. The summed E-state index contributed by atoms with van der Waals surface area (Å²) in [5, 5.41) is 0.107. The smallest absolute Gasteiger partial charge is 0.256 e. The van der Waals surface area contributed by atoms with Gasteiger partial charge in [0.15, 0.2) is 0 Å². The summed E-state index contributed by atoms with van der Waals surface area (Å²) < 4.78 is 0.857. The van der Waals surface area contributed by atoms with E-state index in [9.17, 15) is 4.79 Å². The molecule has 1 fully saturated rings. The van der Waals surface area contributed by atoms with Gasteiger partial charge in [0, 0.05) is 16.8 Å². The number of rotatable bonds is 3. The molecule has 120 valence electrons. The van der Waals surface area contributed by atoms with Gasteiger partial charge in [-0.1, -0.05) is 50.2 Å². The number of carbonyl (C=O) groups is 1. The van der Waals surface area contributed by atoms with Gasteiger partial charge in [0.1, 0.15) is 5.37 Å². The highest BCUT2D eigenvalue weighted by Crippen LogP contribution is 2.39. The van der Waals surface area contributed by atoms with Crippen LogP contribution in [0.5, 0.6) is 0 Å². The molecule has 2 aromatic carbocycles. The number of thioether (sulfide) groups is 1. The molecule has 2 nitrogen and oxygen atoms in total. The molecule has 23 heavy (non-hydrogen) atoms. The van der Waals surface area contributed by atoms with Gasteiger partial charge in [-0.05, 0) is 45.1 Å². The largest absolute Gasteiger partial charge is 0.322 e. The molecule has 1 unspecified atom stereocenters. The maximum atomic E-state index is 12.9. The lowest BCUT2D eigenvalue weighted by Gasteiger charge is -2.25. The number of hydrogen-bond acceptors (Lipinski definition) is 2. The Balaban J connectivity index is 1.85. The van der Waals surface area contributed by atoms with E-state index in [-0.39, 0.29) is 11.3 Å². The molecule has 1 atom stereocenters. The van der Waals surface area contributed by atoms with Crippen LogP contribution in [0.3, 0.4) is 0 Å². The molecule has 1 aliphatic rings. The van der Waals surface area contributed by atoms with Crippen LogP contribution in [0.25, 0.3) is 0 Å². The Bertz CT molecular complexity index is 699. The summed E-state index contributed by atoms with van der Waals surface area (Å²) >= 11 is 5.33. The Morgan fingerprint density at radius 3 is 2.52 bits per heavy atom. The molecular weight excluding hydrogens is 370 g/mol. The lowest BCUT2D eigenvalue weighted by Crippen LogP contribution is -2.30. The normalized spacial score (nSPS) is 17.7. The zero-order chi connectivity index (χ0) is 16.4. The molecule has 3 rings (SSSR count). The van der Waals surface area contributed by atoms with Gasteiger partial charge in [-0.2, -0.15) is 0 Å². The van der Waals surface area contributed by atoms with Gasteiger partial charge in [-0.15, -0.1) is 11.8 Å². The van der Waals surface area contributed by atoms with Gasteiger partial charge >= 0.3 is 0 Å². The quantitative estimate of drug-likeness (QED) is 0.694. The number of benzene rings is 2. The van der Waals surface area contributed by atoms with E-state index in [1.165, 1.54) is 11.1 Å². The molecule has 0 aromatic heterocycles. The van der Waals surface area contributed by atoms with Gasteiger partial charge in [-0.25, -0.2) is 0 Å². The highest BCUT2D eigenvalue weighted by molar-refractivity contribution is 9.10. The number of carbonyl (C=O) groups excluding carboxylic acids is 1. The molecule has 0 spiro atoms. The van der Waals surface area contributed by atoms with Crippen LogP contribution in [0.15, 0.2) is 53.0 Å². The first-order chi connectivity index (χ1) is 11.1. The third kappa shape index (κ3) is 3.48. The lowest BCUT2D eigenvalue weighted by molar-refractivity contribution is 0.0759. The number of amides is 1. The van der Waals surface area contributed by atoms with E-state index in [0.717, 1.165) is 22.3 Å². The number of nitrogens with zero attached hydrogens (tertiary/aromatic N) is 1. The van der Waals surface area contributed by atoms with Crippen LogP contribution in [0.4, 0.5) is 0 Å². The predicted octanol–water partition coefficient (Wildman–Crippen LogP) is 5.46. The van der Waals surface area contributed by atoms with Gasteiger partial charge in [0.2, 0.25) is 0 Å². The molecule has 0 radical (unpaired) electrons. The summed E-state index contributed by atoms with van der Waals surface area (Å²) in [6, 6.07) is 16.3. The van der Waals surface area contributed by atoms with Gasteiger partial charge < -0.3 is 4.90 Å². The fraction of sp³-hybridized carbons (Fsp3) is 0.316. The Morgan fingerprint density at radius 2 is 1.87 bits per heavy atom. The second kappa shape index (κ2) is 7.10. The van der Waals surface area contributed by atoms with Crippen LogP contribution in [-0.4, -0.2) is 23.1 Å². The Morgan fingerprint density at radius 1 is 1.17 bits per heavy atom. The van der Waals surface area contributed by atoms with Gasteiger partial charge in [-0.3, -0.25) is 4.79 Å². The standard InChI is InChI=1S/C19H20BrNOS/c1-13(2)14-7-9-15(10-8-14)19-21(11-12-23-19)18(22)16-5-3-4-6-17(16)20/h3-10,13,19H,11-12H2,1-2H3. The van der Waals surface area contributed by atoms with Crippen LogP contribution >= 0.6 is 27.7 Å². The molecule has 0 bridgehead atoms. The molecule has 0 N–H and O–H groups in total.